The van der Waals surface area contributed by atoms with Gasteiger partial charge >= 0.3 is 0 Å². The van der Waals surface area contributed by atoms with Crippen LogP contribution in [0.25, 0.3) is 0 Å². The van der Waals surface area contributed by atoms with E-state index in [-0.39, 0.29) is 12.5 Å². The zero-order valence-electron chi connectivity index (χ0n) is 10.4. The van der Waals surface area contributed by atoms with Gasteiger partial charge in [-0.25, -0.2) is 0 Å². The van der Waals surface area contributed by atoms with Crippen molar-refractivity contribution >= 4 is 11.6 Å². The maximum Gasteiger partial charge on any atom is 0.239 e. The van der Waals surface area contributed by atoms with Crippen LogP contribution < -0.4 is 11.1 Å². The molecule has 18 heavy (non-hydrogen) atoms. The van der Waals surface area contributed by atoms with E-state index >= 15 is 0 Å². The molecule has 6 heteroatoms. The third kappa shape index (κ3) is 2.20. The summed E-state index contributed by atoms with van der Waals surface area (Å²) in [7, 11) is 0. The minimum atomic E-state index is -0.368. The topological polar surface area (TPSA) is 76.2 Å². The van der Waals surface area contributed by atoms with Gasteiger partial charge in [-0.2, -0.15) is 5.10 Å². The molecule has 3 N–H and O–H groups in total. The standard InChI is InChI=1S/C12H19N5O/c13-12(18)8-17-7-9(6-14-17)15-10-3-5-16-4-1-2-11(10)16/h6-7,10-11,15H,1-5,8H2,(H2,13,18). The first-order valence-electron chi connectivity index (χ1n) is 6.54. The van der Waals surface area contributed by atoms with Crippen molar-refractivity contribution < 1.29 is 4.79 Å². The zero-order valence-corrected chi connectivity index (χ0v) is 10.4. The van der Waals surface area contributed by atoms with Crippen LogP contribution in [-0.4, -0.2) is 45.8 Å². The van der Waals surface area contributed by atoms with Crippen molar-refractivity contribution in [3.8, 4) is 0 Å². The number of nitrogens with two attached hydrogens (primary N) is 1. The van der Waals surface area contributed by atoms with Crippen molar-refractivity contribution in [1.29, 1.82) is 0 Å². The number of hydrogen-bond donors (Lipinski definition) is 2. The highest BCUT2D eigenvalue weighted by atomic mass is 16.1. The Kier molecular flexibility index (Phi) is 2.95. The lowest BCUT2D eigenvalue weighted by molar-refractivity contribution is -0.118. The minimum Gasteiger partial charge on any atom is -0.378 e. The maximum atomic E-state index is 10.8. The fourth-order valence-corrected chi connectivity index (χ4v) is 3.15. The van der Waals surface area contributed by atoms with Crippen LogP contribution in [0.4, 0.5) is 5.69 Å². The Bertz CT molecular complexity index is 443. The smallest absolute Gasteiger partial charge is 0.239 e. The van der Waals surface area contributed by atoms with Gasteiger partial charge in [0, 0.05) is 24.8 Å². The van der Waals surface area contributed by atoms with E-state index in [1.54, 1.807) is 10.9 Å². The predicted molar refractivity (Wildman–Crippen MR) is 68.0 cm³/mol. The lowest BCUT2D eigenvalue weighted by Gasteiger charge is -2.21. The van der Waals surface area contributed by atoms with Crippen molar-refractivity contribution in [3.05, 3.63) is 12.4 Å². The number of rotatable bonds is 4. The molecule has 2 aliphatic heterocycles. The van der Waals surface area contributed by atoms with Gasteiger partial charge in [0.2, 0.25) is 5.91 Å². The molecule has 0 radical (unpaired) electrons. The molecule has 0 aliphatic carbocycles. The van der Waals surface area contributed by atoms with Crippen LogP contribution in [-0.2, 0) is 11.3 Å². The molecule has 0 bridgehead atoms. The summed E-state index contributed by atoms with van der Waals surface area (Å²) in [4.78, 5) is 13.4. The average molecular weight is 249 g/mol. The van der Waals surface area contributed by atoms with Gasteiger partial charge in [0.1, 0.15) is 6.54 Å². The van der Waals surface area contributed by atoms with Crippen molar-refractivity contribution in [1.82, 2.24) is 14.7 Å². The van der Waals surface area contributed by atoms with Crippen LogP contribution in [0.2, 0.25) is 0 Å². The molecule has 2 saturated heterocycles. The second-order valence-corrected chi connectivity index (χ2v) is 5.18. The van der Waals surface area contributed by atoms with E-state index in [1.165, 1.54) is 32.4 Å². The molecule has 0 aromatic carbocycles. The highest BCUT2D eigenvalue weighted by molar-refractivity contribution is 5.73. The summed E-state index contributed by atoms with van der Waals surface area (Å²) in [6.07, 6.45) is 7.39. The molecule has 1 amide bonds. The summed E-state index contributed by atoms with van der Waals surface area (Å²) >= 11 is 0. The van der Waals surface area contributed by atoms with Gasteiger partial charge in [-0.1, -0.05) is 0 Å². The molecule has 3 heterocycles. The summed E-state index contributed by atoms with van der Waals surface area (Å²) < 4.78 is 1.58. The molecule has 0 saturated carbocycles. The SMILES string of the molecule is NC(=O)Cn1cc(NC2CCN3CCCC23)cn1. The van der Waals surface area contributed by atoms with E-state index in [4.69, 9.17) is 5.73 Å². The largest absolute Gasteiger partial charge is 0.378 e. The Balaban J connectivity index is 1.62. The van der Waals surface area contributed by atoms with E-state index in [2.05, 4.69) is 15.3 Å². The first-order chi connectivity index (χ1) is 8.72. The van der Waals surface area contributed by atoms with E-state index in [9.17, 15) is 4.79 Å². The highest BCUT2D eigenvalue weighted by Crippen LogP contribution is 2.29. The van der Waals surface area contributed by atoms with Crippen molar-refractivity contribution in [2.45, 2.75) is 37.9 Å². The molecular formula is C12H19N5O. The summed E-state index contributed by atoms with van der Waals surface area (Å²) in [6.45, 7) is 2.57. The van der Waals surface area contributed by atoms with Gasteiger partial charge in [0.05, 0.1) is 11.9 Å². The number of anilines is 1. The van der Waals surface area contributed by atoms with E-state index in [1.807, 2.05) is 6.20 Å². The van der Waals surface area contributed by atoms with E-state index < -0.39 is 0 Å². The van der Waals surface area contributed by atoms with Crippen molar-refractivity contribution in [2.75, 3.05) is 18.4 Å². The molecule has 6 nitrogen and oxygen atoms in total. The minimum absolute atomic E-state index is 0.141. The number of carbonyl (C=O) groups is 1. The number of fused-ring (bicyclic) bond motifs is 1. The highest BCUT2D eigenvalue weighted by Gasteiger charge is 2.37. The zero-order chi connectivity index (χ0) is 12.5. The lowest BCUT2D eigenvalue weighted by Crippen LogP contribution is -2.33. The Morgan fingerprint density at radius 2 is 2.39 bits per heavy atom. The summed E-state index contributed by atoms with van der Waals surface area (Å²) in [5, 5.41) is 7.65. The van der Waals surface area contributed by atoms with Gasteiger partial charge in [-0.05, 0) is 25.8 Å². The Morgan fingerprint density at radius 1 is 1.50 bits per heavy atom. The van der Waals surface area contributed by atoms with Gasteiger partial charge in [0.25, 0.3) is 0 Å². The van der Waals surface area contributed by atoms with Crippen LogP contribution in [0.15, 0.2) is 12.4 Å². The second-order valence-electron chi connectivity index (χ2n) is 5.18. The number of primary amides is 1. The average Bonchev–Trinajstić information content (AvgIpc) is 2.96. The Morgan fingerprint density at radius 3 is 3.22 bits per heavy atom. The van der Waals surface area contributed by atoms with E-state index in [0.717, 1.165) is 5.69 Å². The molecule has 98 valence electrons. The number of aromatic nitrogens is 2. The molecule has 2 aliphatic rings. The van der Waals surface area contributed by atoms with Crippen LogP contribution in [0.1, 0.15) is 19.3 Å². The number of carbonyl (C=O) groups excluding carboxylic acids is 1. The van der Waals surface area contributed by atoms with Gasteiger partial charge in [-0.15, -0.1) is 0 Å². The molecular weight excluding hydrogens is 230 g/mol. The Hall–Kier alpha value is -1.56. The first-order valence-corrected chi connectivity index (χ1v) is 6.54. The number of amides is 1. The Labute approximate surface area is 106 Å². The summed E-state index contributed by atoms with van der Waals surface area (Å²) in [5.74, 6) is -0.368. The monoisotopic (exact) mass is 249 g/mol. The number of hydrogen-bond acceptors (Lipinski definition) is 4. The van der Waals surface area contributed by atoms with Gasteiger partial charge in [0.15, 0.2) is 0 Å². The first kappa shape index (κ1) is 11.5. The van der Waals surface area contributed by atoms with Crippen LogP contribution in [0.3, 0.4) is 0 Å². The molecule has 2 unspecified atom stereocenters. The van der Waals surface area contributed by atoms with Gasteiger partial charge in [-0.3, -0.25) is 14.4 Å². The summed E-state index contributed by atoms with van der Waals surface area (Å²) in [6, 6.07) is 1.18. The van der Waals surface area contributed by atoms with Crippen molar-refractivity contribution in [2.24, 2.45) is 5.73 Å². The second kappa shape index (κ2) is 4.61. The fraction of sp³-hybridized carbons (Fsp3) is 0.667. The predicted octanol–water partition coefficient (Wildman–Crippen LogP) is 0.0170. The van der Waals surface area contributed by atoms with E-state index in [0.29, 0.717) is 12.1 Å². The molecule has 0 spiro atoms. The van der Waals surface area contributed by atoms with Crippen LogP contribution >= 0.6 is 0 Å². The molecule has 2 atom stereocenters. The third-order valence-electron chi connectivity index (χ3n) is 3.91. The van der Waals surface area contributed by atoms with Crippen molar-refractivity contribution in [3.63, 3.8) is 0 Å². The van der Waals surface area contributed by atoms with Crippen LogP contribution in [0, 0.1) is 0 Å². The number of nitrogens with one attached hydrogen (secondary N) is 1. The molecule has 2 fully saturated rings. The van der Waals surface area contributed by atoms with Crippen LogP contribution in [0.5, 0.6) is 0 Å². The summed E-state index contributed by atoms with van der Waals surface area (Å²) in [5.41, 5.74) is 6.12. The van der Waals surface area contributed by atoms with Gasteiger partial charge < -0.3 is 11.1 Å². The quantitative estimate of drug-likeness (QED) is 0.788. The third-order valence-corrected chi connectivity index (χ3v) is 3.91. The molecule has 3 rings (SSSR count). The number of nitrogens with zero attached hydrogens (tertiary/aromatic N) is 3. The lowest BCUT2D eigenvalue weighted by atomic mass is 10.1. The molecule has 1 aromatic rings. The normalized spacial score (nSPS) is 27.3. The fourth-order valence-electron chi connectivity index (χ4n) is 3.15. The maximum absolute atomic E-state index is 10.8. The molecule has 1 aromatic heterocycles.